The smallest absolute Gasteiger partial charge is 0.322 e. The molecule has 2 amide bonds. The summed E-state index contributed by atoms with van der Waals surface area (Å²) in [5.74, 6) is 2.11. The van der Waals surface area contributed by atoms with Gasteiger partial charge in [-0.25, -0.2) is 4.79 Å². The highest BCUT2D eigenvalue weighted by molar-refractivity contribution is 5.87. The number of nitrogens with zero attached hydrogens (tertiary/aromatic N) is 3. The van der Waals surface area contributed by atoms with Crippen LogP contribution < -0.4 is 14.8 Å². The Labute approximate surface area is 214 Å². The summed E-state index contributed by atoms with van der Waals surface area (Å²) in [5.41, 5.74) is 5.50. The molecule has 0 saturated heterocycles. The molecule has 0 saturated carbocycles. The fraction of sp³-hybridized carbons (Fsp3) is 0.207. The third-order valence-corrected chi connectivity index (χ3v) is 6.79. The fourth-order valence-electron chi connectivity index (χ4n) is 4.69. The topological polar surface area (TPSA) is 89.7 Å². The van der Waals surface area contributed by atoms with Crippen molar-refractivity contribution in [1.82, 2.24) is 20.4 Å². The van der Waals surface area contributed by atoms with Gasteiger partial charge in [-0.05, 0) is 48.2 Å². The number of rotatable bonds is 6. The number of aromatic nitrogens is 2. The van der Waals surface area contributed by atoms with Gasteiger partial charge in [-0.3, -0.25) is 4.90 Å². The predicted molar refractivity (Wildman–Crippen MR) is 138 cm³/mol. The average Bonchev–Trinajstić information content (AvgIpc) is 3.61. The molecular weight excluding hydrogens is 468 g/mol. The van der Waals surface area contributed by atoms with Crippen molar-refractivity contribution in [3.05, 3.63) is 101 Å². The minimum Gasteiger partial charge on any atom is -0.454 e. The Morgan fingerprint density at radius 1 is 0.973 bits per heavy atom. The first kappa shape index (κ1) is 22.8. The highest BCUT2D eigenvalue weighted by atomic mass is 16.7. The van der Waals surface area contributed by atoms with Crippen LogP contribution in [0.5, 0.6) is 11.5 Å². The summed E-state index contributed by atoms with van der Waals surface area (Å²) < 4.78 is 16.7. The number of carbonyl (C=O) groups is 1. The maximum absolute atomic E-state index is 13.3. The number of hydrogen-bond donors (Lipinski definition) is 1. The fourth-order valence-corrected chi connectivity index (χ4v) is 4.69. The van der Waals surface area contributed by atoms with E-state index in [9.17, 15) is 4.79 Å². The van der Waals surface area contributed by atoms with Crippen LogP contribution in [0.15, 0.2) is 83.0 Å². The van der Waals surface area contributed by atoms with Gasteiger partial charge in [-0.1, -0.05) is 66.7 Å². The number of nitrogens with one attached hydrogen (secondary N) is 1. The van der Waals surface area contributed by atoms with Gasteiger partial charge < -0.3 is 19.3 Å². The lowest BCUT2D eigenvalue weighted by Gasteiger charge is -2.35. The van der Waals surface area contributed by atoms with Crippen LogP contribution in [0.25, 0.3) is 17.0 Å². The summed E-state index contributed by atoms with van der Waals surface area (Å²) in [6, 6.07) is 23.0. The van der Waals surface area contributed by atoms with E-state index in [2.05, 4.69) is 41.7 Å². The van der Waals surface area contributed by atoms with Crippen molar-refractivity contribution in [2.45, 2.75) is 32.9 Å². The Hall–Kier alpha value is -4.59. The summed E-state index contributed by atoms with van der Waals surface area (Å²) >= 11 is 0. The lowest BCUT2D eigenvalue weighted by atomic mass is 9.94. The second kappa shape index (κ2) is 9.46. The minimum absolute atomic E-state index is 0.176. The van der Waals surface area contributed by atoms with Crippen LogP contribution in [0.2, 0.25) is 0 Å². The SMILES string of the molecule is CCc1ccc(CN2C(=O)NC(c3ccccc3)C(c3nc(-c4ccc5c(c4)OCO5)no3)=C2C)cc1. The van der Waals surface area contributed by atoms with Crippen molar-refractivity contribution >= 4 is 11.6 Å². The molecule has 0 aliphatic carbocycles. The lowest BCUT2D eigenvalue weighted by molar-refractivity contribution is 0.174. The quantitative estimate of drug-likeness (QED) is 0.368. The molecule has 2 aliphatic heterocycles. The van der Waals surface area contributed by atoms with Crippen LogP contribution in [0.1, 0.15) is 42.5 Å². The zero-order valence-electron chi connectivity index (χ0n) is 20.6. The van der Waals surface area contributed by atoms with Gasteiger partial charge in [-0.2, -0.15) is 4.98 Å². The van der Waals surface area contributed by atoms with Gasteiger partial charge in [0.1, 0.15) is 0 Å². The molecule has 0 spiro atoms. The van der Waals surface area contributed by atoms with E-state index in [1.807, 2.05) is 55.5 Å². The minimum atomic E-state index is -0.433. The molecule has 1 N–H and O–H groups in total. The predicted octanol–water partition coefficient (Wildman–Crippen LogP) is 5.73. The van der Waals surface area contributed by atoms with Gasteiger partial charge in [0.2, 0.25) is 12.6 Å². The van der Waals surface area contributed by atoms with Crippen LogP contribution in [-0.4, -0.2) is 27.9 Å². The van der Waals surface area contributed by atoms with Crippen LogP contribution in [0.3, 0.4) is 0 Å². The van der Waals surface area contributed by atoms with Crippen LogP contribution in [0.4, 0.5) is 4.79 Å². The number of carbonyl (C=O) groups excluding carboxylic acids is 1. The summed E-state index contributed by atoms with van der Waals surface area (Å²) in [6.45, 7) is 4.67. The maximum atomic E-state index is 13.3. The van der Waals surface area contributed by atoms with Crippen molar-refractivity contribution < 1.29 is 18.8 Å². The molecule has 6 rings (SSSR count). The van der Waals surface area contributed by atoms with E-state index >= 15 is 0 Å². The van der Waals surface area contributed by atoms with Crippen molar-refractivity contribution in [1.29, 1.82) is 0 Å². The van der Waals surface area contributed by atoms with E-state index in [1.165, 1.54) is 5.56 Å². The van der Waals surface area contributed by atoms with Gasteiger partial charge in [-0.15, -0.1) is 0 Å². The van der Waals surface area contributed by atoms with Crippen LogP contribution in [-0.2, 0) is 13.0 Å². The first-order chi connectivity index (χ1) is 18.1. The molecule has 37 heavy (non-hydrogen) atoms. The van der Waals surface area contributed by atoms with Crippen LogP contribution >= 0.6 is 0 Å². The average molecular weight is 495 g/mol. The summed E-state index contributed by atoms with van der Waals surface area (Å²) in [6.07, 6.45) is 0.967. The number of fused-ring (bicyclic) bond motifs is 1. The third kappa shape index (κ3) is 4.31. The Morgan fingerprint density at radius 3 is 2.51 bits per heavy atom. The van der Waals surface area contributed by atoms with Crippen LogP contribution in [0, 0.1) is 0 Å². The molecule has 8 heteroatoms. The van der Waals surface area contributed by atoms with E-state index in [-0.39, 0.29) is 12.8 Å². The van der Waals surface area contributed by atoms with Gasteiger partial charge in [0, 0.05) is 11.3 Å². The zero-order valence-corrected chi connectivity index (χ0v) is 20.6. The highest BCUT2D eigenvalue weighted by Gasteiger charge is 2.35. The normalized spacial score (nSPS) is 16.8. The summed E-state index contributed by atoms with van der Waals surface area (Å²) in [5, 5.41) is 7.40. The molecule has 3 heterocycles. The molecule has 0 fully saturated rings. The molecule has 3 aromatic carbocycles. The van der Waals surface area contributed by atoms with E-state index in [1.54, 1.807) is 4.90 Å². The molecular formula is C29H26N4O4. The standard InChI is InChI=1S/C29H26N4O4/c1-3-19-9-11-20(12-10-19)16-33-18(2)25(26(30-29(33)34)21-7-5-4-6-8-21)28-31-27(32-37-28)22-13-14-23-24(15-22)36-17-35-23/h4-15,26H,3,16-17H2,1-2H3,(H,30,34). The molecule has 4 aromatic rings. The van der Waals surface area contributed by atoms with Crippen molar-refractivity contribution in [2.75, 3.05) is 6.79 Å². The Balaban J connectivity index is 1.40. The number of hydrogen-bond acceptors (Lipinski definition) is 6. The molecule has 1 unspecified atom stereocenters. The number of urea groups is 1. The van der Waals surface area contributed by atoms with Gasteiger partial charge in [0.05, 0.1) is 18.2 Å². The summed E-state index contributed by atoms with van der Waals surface area (Å²) in [4.78, 5) is 19.8. The first-order valence-corrected chi connectivity index (χ1v) is 12.3. The Morgan fingerprint density at radius 2 is 1.73 bits per heavy atom. The Kier molecular flexibility index (Phi) is 5.84. The third-order valence-electron chi connectivity index (χ3n) is 6.79. The van der Waals surface area contributed by atoms with Crippen molar-refractivity contribution in [3.8, 4) is 22.9 Å². The maximum Gasteiger partial charge on any atom is 0.322 e. The van der Waals surface area contributed by atoms with Gasteiger partial charge >= 0.3 is 6.03 Å². The van der Waals surface area contributed by atoms with E-state index < -0.39 is 6.04 Å². The molecule has 2 aliphatic rings. The molecule has 0 bridgehead atoms. The molecule has 8 nitrogen and oxygen atoms in total. The van der Waals surface area contributed by atoms with Gasteiger partial charge in [0.15, 0.2) is 11.5 Å². The lowest BCUT2D eigenvalue weighted by Crippen LogP contribution is -2.45. The van der Waals surface area contributed by atoms with Crippen molar-refractivity contribution in [2.24, 2.45) is 0 Å². The Bertz CT molecular complexity index is 1480. The first-order valence-electron chi connectivity index (χ1n) is 12.3. The van der Waals surface area contributed by atoms with E-state index in [0.717, 1.165) is 34.4 Å². The monoisotopic (exact) mass is 494 g/mol. The number of allylic oxidation sites excluding steroid dienone is 1. The number of amides is 2. The molecule has 0 radical (unpaired) electrons. The highest BCUT2D eigenvalue weighted by Crippen LogP contribution is 2.39. The number of benzene rings is 3. The van der Waals surface area contributed by atoms with E-state index in [0.29, 0.717) is 29.8 Å². The largest absolute Gasteiger partial charge is 0.454 e. The van der Waals surface area contributed by atoms with Crippen molar-refractivity contribution in [3.63, 3.8) is 0 Å². The molecule has 186 valence electrons. The second-order valence-corrected chi connectivity index (χ2v) is 9.04. The van der Waals surface area contributed by atoms with E-state index in [4.69, 9.17) is 19.0 Å². The zero-order chi connectivity index (χ0) is 25.4. The number of ether oxygens (including phenoxy) is 2. The number of aryl methyl sites for hydroxylation is 1. The molecule has 1 atom stereocenters. The molecule has 1 aromatic heterocycles. The summed E-state index contributed by atoms with van der Waals surface area (Å²) in [7, 11) is 0. The van der Waals surface area contributed by atoms with Gasteiger partial charge in [0.25, 0.3) is 5.89 Å². The second-order valence-electron chi connectivity index (χ2n) is 9.04.